The molecule has 0 saturated carbocycles. The fourth-order valence-electron chi connectivity index (χ4n) is 1.34. The van der Waals surface area contributed by atoms with Gasteiger partial charge < -0.3 is 5.32 Å². The van der Waals surface area contributed by atoms with Gasteiger partial charge in [-0.05, 0) is 19.4 Å². The minimum Gasteiger partial charge on any atom is -0.318 e. The van der Waals surface area contributed by atoms with Crippen LogP contribution in [0.2, 0.25) is 0 Å². The van der Waals surface area contributed by atoms with Crippen LogP contribution in [0.15, 0.2) is 0 Å². The highest BCUT2D eigenvalue weighted by Crippen LogP contribution is 2.07. The second-order valence-corrected chi connectivity index (χ2v) is 5.52. The van der Waals surface area contributed by atoms with Gasteiger partial charge >= 0.3 is 0 Å². The summed E-state index contributed by atoms with van der Waals surface area (Å²) in [6.45, 7) is 5.18. The van der Waals surface area contributed by atoms with Gasteiger partial charge in [-0.15, -0.1) is 12.4 Å². The van der Waals surface area contributed by atoms with E-state index >= 15 is 0 Å². The van der Waals surface area contributed by atoms with E-state index in [-0.39, 0.29) is 24.1 Å². The molecule has 1 atom stereocenters. The van der Waals surface area contributed by atoms with Gasteiger partial charge in [0.05, 0.1) is 5.75 Å². The molecule has 0 aromatic heterocycles. The summed E-state index contributed by atoms with van der Waals surface area (Å²) >= 11 is 0. The molecule has 94 valence electrons. The molecular weight excluding hydrogens is 236 g/mol. The first kappa shape index (κ1) is 17.6. The molecule has 0 amide bonds. The lowest BCUT2D eigenvalue weighted by Crippen LogP contribution is -2.33. The highest BCUT2D eigenvalue weighted by atomic mass is 35.5. The van der Waals surface area contributed by atoms with Crippen molar-refractivity contribution in [3.8, 4) is 0 Å². The lowest BCUT2D eigenvalue weighted by molar-refractivity contribution is 0.535. The number of nitrogens with one attached hydrogen (secondary N) is 2. The van der Waals surface area contributed by atoms with Gasteiger partial charge in [0.1, 0.15) is 0 Å². The fourth-order valence-corrected chi connectivity index (χ4v) is 2.79. The lowest BCUT2D eigenvalue weighted by atomic mass is 10.1. The van der Waals surface area contributed by atoms with Crippen molar-refractivity contribution in [3.05, 3.63) is 0 Å². The highest BCUT2D eigenvalue weighted by Gasteiger charge is 2.13. The summed E-state index contributed by atoms with van der Waals surface area (Å²) in [6.07, 6.45) is 2.00. The predicted molar refractivity (Wildman–Crippen MR) is 67.0 cm³/mol. The van der Waals surface area contributed by atoms with Crippen LogP contribution in [0, 0.1) is 5.92 Å². The number of rotatable bonds is 8. The molecule has 0 heterocycles. The average molecular weight is 259 g/mol. The minimum absolute atomic E-state index is 0. The van der Waals surface area contributed by atoms with Gasteiger partial charge in [-0.1, -0.05) is 20.3 Å². The summed E-state index contributed by atoms with van der Waals surface area (Å²) in [7, 11) is -1.27. The van der Waals surface area contributed by atoms with E-state index in [1.807, 2.05) is 6.92 Å². The summed E-state index contributed by atoms with van der Waals surface area (Å²) < 4.78 is 25.5. The highest BCUT2D eigenvalue weighted by molar-refractivity contribution is 7.89. The van der Waals surface area contributed by atoms with Crippen molar-refractivity contribution in [2.24, 2.45) is 5.92 Å². The maximum Gasteiger partial charge on any atom is 0.211 e. The van der Waals surface area contributed by atoms with Crippen molar-refractivity contribution in [1.29, 1.82) is 0 Å². The summed E-state index contributed by atoms with van der Waals surface area (Å²) in [4.78, 5) is 0. The standard InChI is InChI=1S/C9H22N2O2S.ClH/c1-4-5-9(2)8-14(12,13)11-7-6-10-3;/h9-11H,4-8H2,1-3H3;1H. The topological polar surface area (TPSA) is 58.2 Å². The first-order chi connectivity index (χ1) is 6.52. The Balaban J connectivity index is 0. The van der Waals surface area contributed by atoms with Crippen molar-refractivity contribution in [2.45, 2.75) is 26.7 Å². The molecule has 0 aromatic rings. The van der Waals surface area contributed by atoms with Crippen molar-refractivity contribution < 1.29 is 8.42 Å². The van der Waals surface area contributed by atoms with E-state index in [2.05, 4.69) is 17.0 Å². The molecular formula is C9H23ClN2O2S. The van der Waals surface area contributed by atoms with Gasteiger partial charge in [0.25, 0.3) is 0 Å². The summed E-state index contributed by atoms with van der Waals surface area (Å²) in [5.41, 5.74) is 0. The molecule has 6 heteroatoms. The van der Waals surface area contributed by atoms with Crippen LogP contribution < -0.4 is 10.0 Å². The second kappa shape index (κ2) is 9.39. The fraction of sp³-hybridized carbons (Fsp3) is 1.00. The Morgan fingerprint density at radius 2 is 1.87 bits per heavy atom. The molecule has 0 aliphatic heterocycles. The third kappa shape index (κ3) is 10.4. The van der Waals surface area contributed by atoms with Crippen LogP contribution in [0.25, 0.3) is 0 Å². The SMILES string of the molecule is CCCC(C)CS(=O)(=O)NCCNC.Cl. The second-order valence-electron chi connectivity index (χ2n) is 3.67. The van der Waals surface area contributed by atoms with E-state index in [1.54, 1.807) is 7.05 Å². The molecule has 0 spiro atoms. The van der Waals surface area contributed by atoms with Gasteiger partial charge in [0.15, 0.2) is 0 Å². The molecule has 4 nitrogen and oxygen atoms in total. The van der Waals surface area contributed by atoms with Crippen molar-refractivity contribution >= 4 is 22.4 Å². The molecule has 0 bridgehead atoms. The van der Waals surface area contributed by atoms with Crippen LogP contribution in [-0.4, -0.2) is 34.3 Å². The summed E-state index contributed by atoms with van der Waals surface area (Å²) in [5.74, 6) is 0.483. The largest absolute Gasteiger partial charge is 0.318 e. The Morgan fingerprint density at radius 1 is 1.27 bits per heavy atom. The Bertz CT molecular complexity index is 232. The number of sulfonamides is 1. The molecule has 0 aliphatic carbocycles. The molecule has 0 rings (SSSR count). The number of hydrogen-bond acceptors (Lipinski definition) is 3. The molecule has 0 aromatic carbocycles. The Hall–Kier alpha value is 0.160. The van der Waals surface area contributed by atoms with Crippen molar-refractivity contribution in [3.63, 3.8) is 0 Å². The van der Waals surface area contributed by atoms with Crippen LogP contribution in [-0.2, 0) is 10.0 Å². The van der Waals surface area contributed by atoms with Crippen LogP contribution in [0.3, 0.4) is 0 Å². The van der Waals surface area contributed by atoms with Crippen molar-refractivity contribution in [1.82, 2.24) is 10.0 Å². The average Bonchev–Trinajstić information content (AvgIpc) is 2.03. The monoisotopic (exact) mass is 258 g/mol. The van der Waals surface area contributed by atoms with Gasteiger partial charge in [-0.3, -0.25) is 0 Å². The summed E-state index contributed by atoms with van der Waals surface area (Å²) in [5, 5.41) is 2.89. The number of halogens is 1. The van der Waals surface area contributed by atoms with Gasteiger partial charge in [-0.25, -0.2) is 13.1 Å². The van der Waals surface area contributed by atoms with E-state index in [1.165, 1.54) is 0 Å². The Morgan fingerprint density at radius 3 is 2.33 bits per heavy atom. The van der Waals surface area contributed by atoms with E-state index in [0.29, 0.717) is 13.1 Å². The Labute approximate surface area is 99.7 Å². The third-order valence-corrected chi connectivity index (χ3v) is 3.63. The first-order valence-corrected chi connectivity index (χ1v) is 6.79. The summed E-state index contributed by atoms with van der Waals surface area (Å²) in [6, 6.07) is 0. The van der Waals surface area contributed by atoms with Gasteiger partial charge in [0.2, 0.25) is 10.0 Å². The lowest BCUT2D eigenvalue weighted by Gasteiger charge is -2.11. The quantitative estimate of drug-likeness (QED) is 0.639. The molecule has 1 unspecified atom stereocenters. The Kier molecular flexibility index (Phi) is 11.0. The minimum atomic E-state index is -3.07. The van der Waals surface area contributed by atoms with E-state index in [0.717, 1.165) is 12.8 Å². The zero-order chi connectivity index (χ0) is 11.0. The first-order valence-electron chi connectivity index (χ1n) is 5.13. The molecule has 0 radical (unpaired) electrons. The number of hydrogen-bond donors (Lipinski definition) is 2. The maximum atomic E-state index is 11.5. The smallest absolute Gasteiger partial charge is 0.211 e. The van der Waals surface area contributed by atoms with Crippen LogP contribution in [0.5, 0.6) is 0 Å². The third-order valence-electron chi connectivity index (χ3n) is 1.98. The maximum absolute atomic E-state index is 11.5. The molecule has 2 N–H and O–H groups in total. The zero-order valence-electron chi connectivity index (χ0n) is 9.75. The molecule has 15 heavy (non-hydrogen) atoms. The van der Waals surface area contributed by atoms with Crippen LogP contribution in [0.4, 0.5) is 0 Å². The molecule has 0 fully saturated rings. The molecule has 0 saturated heterocycles. The van der Waals surface area contributed by atoms with Crippen LogP contribution in [0.1, 0.15) is 26.7 Å². The van der Waals surface area contributed by atoms with Gasteiger partial charge in [0, 0.05) is 13.1 Å². The van der Waals surface area contributed by atoms with Gasteiger partial charge in [-0.2, -0.15) is 0 Å². The van der Waals surface area contributed by atoms with E-state index in [4.69, 9.17) is 0 Å². The van der Waals surface area contributed by atoms with Crippen LogP contribution >= 0.6 is 12.4 Å². The predicted octanol–water partition coefficient (Wildman–Crippen LogP) is 0.983. The molecule has 0 aliphatic rings. The van der Waals surface area contributed by atoms with E-state index in [9.17, 15) is 8.42 Å². The normalized spacial score (nSPS) is 13.3. The van der Waals surface area contributed by atoms with Crippen molar-refractivity contribution in [2.75, 3.05) is 25.9 Å². The number of likely N-dealkylation sites (N-methyl/N-ethyl adjacent to an activating group) is 1. The zero-order valence-corrected chi connectivity index (χ0v) is 11.4. The van der Waals surface area contributed by atoms with E-state index < -0.39 is 10.0 Å².